The van der Waals surface area contributed by atoms with E-state index < -0.39 is 0 Å². The van der Waals surface area contributed by atoms with E-state index in [4.69, 9.17) is 5.73 Å². The molecule has 20 heavy (non-hydrogen) atoms. The molecule has 0 fully saturated rings. The van der Waals surface area contributed by atoms with Gasteiger partial charge in [-0.1, -0.05) is 46.3 Å². The second-order valence-electron chi connectivity index (χ2n) is 4.48. The SMILES string of the molecule is Nc1ccc2c(Br)cc(SCc3ccccc3)cc2n1. The standard InChI is InChI=1S/C16H13BrN2S/c17-14-8-12(20-10-11-4-2-1-3-5-11)9-15-13(14)6-7-16(18)19-15/h1-9H,10H2,(H2,18,19). The van der Waals surface area contributed by atoms with Crippen molar-refractivity contribution in [2.45, 2.75) is 10.6 Å². The molecule has 0 saturated heterocycles. The monoisotopic (exact) mass is 344 g/mol. The molecule has 0 saturated carbocycles. The van der Waals surface area contributed by atoms with Crippen LogP contribution in [0.1, 0.15) is 5.56 Å². The van der Waals surface area contributed by atoms with E-state index in [1.165, 1.54) is 10.5 Å². The van der Waals surface area contributed by atoms with Gasteiger partial charge in [-0.25, -0.2) is 4.98 Å². The van der Waals surface area contributed by atoms with Crippen LogP contribution in [0.3, 0.4) is 0 Å². The Hall–Kier alpha value is -1.52. The van der Waals surface area contributed by atoms with Crippen LogP contribution in [0.2, 0.25) is 0 Å². The molecule has 0 radical (unpaired) electrons. The van der Waals surface area contributed by atoms with E-state index >= 15 is 0 Å². The van der Waals surface area contributed by atoms with Crippen LogP contribution in [0.4, 0.5) is 5.82 Å². The van der Waals surface area contributed by atoms with Crippen molar-refractivity contribution in [2.24, 2.45) is 0 Å². The molecule has 2 N–H and O–H groups in total. The molecular weight excluding hydrogens is 332 g/mol. The van der Waals surface area contributed by atoms with E-state index in [0.717, 1.165) is 21.1 Å². The molecule has 0 aliphatic heterocycles. The molecule has 0 aliphatic rings. The lowest BCUT2D eigenvalue weighted by Crippen LogP contribution is -1.90. The first-order valence-corrected chi connectivity index (χ1v) is 8.03. The molecule has 0 atom stereocenters. The first kappa shape index (κ1) is 13.5. The zero-order valence-electron chi connectivity index (χ0n) is 10.7. The fraction of sp³-hybridized carbons (Fsp3) is 0.0625. The Labute approximate surface area is 130 Å². The highest BCUT2D eigenvalue weighted by molar-refractivity contribution is 9.10. The second-order valence-corrected chi connectivity index (χ2v) is 6.39. The Bertz CT molecular complexity index is 744. The minimum Gasteiger partial charge on any atom is -0.384 e. The summed E-state index contributed by atoms with van der Waals surface area (Å²) in [6, 6.07) is 18.5. The van der Waals surface area contributed by atoms with Gasteiger partial charge >= 0.3 is 0 Å². The van der Waals surface area contributed by atoms with Gasteiger partial charge in [0.1, 0.15) is 5.82 Å². The van der Waals surface area contributed by atoms with Gasteiger partial charge in [0, 0.05) is 20.5 Å². The van der Waals surface area contributed by atoms with Gasteiger partial charge in [0.05, 0.1) is 5.52 Å². The summed E-state index contributed by atoms with van der Waals surface area (Å²) in [5.74, 6) is 1.50. The van der Waals surface area contributed by atoms with Gasteiger partial charge in [-0.3, -0.25) is 0 Å². The number of hydrogen-bond donors (Lipinski definition) is 1. The topological polar surface area (TPSA) is 38.9 Å². The minimum absolute atomic E-state index is 0.551. The van der Waals surface area contributed by atoms with Crippen LogP contribution in [-0.4, -0.2) is 4.98 Å². The third kappa shape index (κ3) is 2.97. The van der Waals surface area contributed by atoms with E-state index in [2.05, 4.69) is 57.3 Å². The van der Waals surface area contributed by atoms with Crippen LogP contribution < -0.4 is 5.73 Å². The van der Waals surface area contributed by atoms with Crippen molar-refractivity contribution in [3.8, 4) is 0 Å². The lowest BCUT2D eigenvalue weighted by atomic mass is 10.2. The first-order valence-electron chi connectivity index (χ1n) is 6.25. The van der Waals surface area contributed by atoms with Gasteiger partial charge < -0.3 is 5.73 Å². The smallest absolute Gasteiger partial charge is 0.124 e. The van der Waals surface area contributed by atoms with Gasteiger partial charge in [-0.15, -0.1) is 11.8 Å². The van der Waals surface area contributed by atoms with E-state index in [0.29, 0.717) is 5.82 Å². The van der Waals surface area contributed by atoms with Crippen LogP contribution in [0.15, 0.2) is 64.0 Å². The molecule has 0 bridgehead atoms. The number of pyridine rings is 1. The summed E-state index contributed by atoms with van der Waals surface area (Å²) in [6.45, 7) is 0. The molecule has 0 amide bonds. The minimum atomic E-state index is 0.551. The van der Waals surface area contributed by atoms with E-state index in [1.54, 1.807) is 11.8 Å². The summed E-state index contributed by atoms with van der Waals surface area (Å²) < 4.78 is 1.05. The number of nitrogens with zero attached hydrogens (tertiary/aromatic N) is 1. The van der Waals surface area contributed by atoms with Gasteiger partial charge in [0.15, 0.2) is 0 Å². The number of nitrogen functional groups attached to an aromatic ring is 1. The molecule has 100 valence electrons. The van der Waals surface area contributed by atoms with E-state index in [9.17, 15) is 0 Å². The maximum Gasteiger partial charge on any atom is 0.124 e. The molecule has 2 aromatic carbocycles. The molecule has 0 aliphatic carbocycles. The number of fused-ring (bicyclic) bond motifs is 1. The van der Waals surface area contributed by atoms with Crippen molar-refractivity contribution in [2.75, 3.05) is 5.73 Å². The average Bonchev–Trinajstić information content (AvgIpc) is 2.46. The van der Waals surface area contributed by atoms with Crippen molar-refractivity contribution in [1.82, 2.24) is 4.98 Å². The normalized spacial score (nSPS) is 10.8. The van der Waals surface area contributed by atoms with E-state index in [1.807, 2.05) is 18.2 Å². The Morgan fingerprint density at radius 3 is 2.65 bits per heavy atom. The number of halogens is 1. The highest BCUT2D eigenvalue weighted by Gasteiger charge is 2.05. The lowest BCUT2D eigenvalue weighted by molar-refractivity contribution is 1.35. The van der Waals surface area contributed by atoms with E-state index in [-0.39, 0.29) is 0 Å². The summed E-state index contributed by atoms with van der Waals surface area (Å²) in [6.07, 6.45) is 0. The number of anilines is 1. The molecule has 2 nitrogen and oxygen atoms in total. The van der Waals surface area contributed by atoms with Crippen molar-refractivity contribution in [3.63, 3.8) is 0 Å². The molecule has 3 aromatic rings. The molecule has 0 spiro atoms. The van der Waals surface area contributed by atoms with Crippen molar-refractivity contribution in [3.05, 3.63) is 64.6 Å². The molecule has 1 aromatic heterocycles. The number of thioether (sulfide) groups is 1. The fourth-order valence-corrected chi connectivity index (χ4v) is 3.66. The van der Waals surface area contributed by atoms with Crippen LogP contribution in [-0.2, 0) is 5.75 Å². The number of benzene rings is 2. The summed E-state index contributed by atoms with van der Waals surface area (Å²) in [4.78, 5) is 5.57. The zero-order valence-corrected chi connectivity index (χ0v) is 13.1. The van der Waals surface area contributed by atoms with Gasteiger partial charge in [-0.05, 0) is 29.8 Å². The average molecular weight is 345 g/mol. The Morgan fingerprint density at radius 2 is 1.85 bits per heavy atom. The quantitative estimate of drug-likeness (QED) is 0.688. The first-order chi connectivity index (χ1) is 9.72. The largest absolute Gasteiger partial charge is 0.384 e. The third-order valence-corrected chi connectivity index (χ3v) is 4.70. The molecular formula is C16H13BrN2S. The second kappa shape index (κ2) is 5.85. The van der Waals surface area contributed by atoms with Gasteiger partial charge in [-0.2, -0.15) is 0 Å². The molecule has 3 rings (SSSR count). The maximum absolute atomic E-state index is 5.76. The Balaban J connectivity index is 1.88. The molecule has 4 heteroatoms. The molecule has 1 heterocycles. The van der Waals surface area contributed by atoms with Crippen LogP contribution >= 0.6 is 27.7 Å². The summed E-state index contributed by atoms with van der Waals surface area (Å²) in [5.41, 5.74) is 8.00. The highest BCUT2D eigenvalue weighted by atomic mass is 79.9. The van der Waals surface area contributed by atoms with Crippen LogP contribution in [0, 0.1) is 0 Å². The van der Waals surface area contributed by atoms with Gasteiger partial charge in [0.2, 0.25) is 0 Å². The maximum atomic E-state index is 5.76. The Kier molecular flexibility index (Phi) is 3.94. The number of aromatic nitrogens is 1. The highest BCUT2D eigenvalue weighted by Crippen LogP contribution is 2.31. The number of rotatable bonds is 3. The third-order valence-electron chi connectivity index (χ3n) is 3.00. The fourth-order valence-electron chi connectivity index (χ4n) is 2.01. The van der Waals surface area contributed by atoms with Crippen LogP contribution in [0.5, 0.6) is 0 Å². The van der Waals surface area contributed by atoms with Crippen LogP contribution in [0.25, 0.3) is 10.9 Å². The molecule has 0 unspecified atom stereocenters. The zero-order chi connectivity index (χ0) is 13.9. The Morgan fingerprint density at radius 1 is 1.05 bits per heavy atom. The number of nitrogens with two attached hydrogens (primary N) is 1. The summed E-state index contributed by atoms with van der Waals surface area (Å²) in [5, 5.41) is 1.09. The van der Waals surface area contributed by atoms with Crippen molar-refractivity contribution < 1.29 is 0 Å². The summed E-state index contributed by atoms with van der Waals surface area (Å²) in [7, 11) is 0. The predicted molar refractivity (Wildman–Crippen MR) is 89.9 cm³/mol. The predicted octanol–water partition coefficient (Wildman–Crippen LogP) is 4.87. The van der Waals surface area contributed by atoms with Gasteiger partial charge in [0.25, 0.3) is 0 Å². The summed E-state index contributed by atoms with van der Waals surface area (Å²) >= 11 is 5.40. The lowest BCUT2D eigenvalue weighted by Gasteiger charge is -2.06. The van der Waals surface area contributed by atoms with Crippen molar-refractivity contribution in [1.29, 1.82) is 0 Å². The number of hydrogen-bond acceptors (Lipinski definition) is 3. The van der Waals surface area contributed by atoms with Crippen molar-refractivity contribution >= 4 is 44.4 Å².